The molecule has 1 heterocycles. The van der Waals surface area contributed by atoms with Crippen LogP contribution in [-0.2, 0) is 20.9 Å². The van der Waals surface area contributed by atoms with Gasteiger partial charge in [-0.2, -0.15) is 0 Å². The lowest BCUT2D eigenvalue weighted by Crippen LogP contribution is -2.10. The predicted molar refractivity (Wildman–Crippen MR) is 98.5 cm³/mol. The number of benzene rings is 1. The Hall–Kier alpha value is -2.70. The second-order valence-electron chi connectivity index (χ2n) is 6.11. The highest BCUT2D eigenvalue weighted by Crippen LogP contribution is 2.38. The molecule has 0 bridgehead atoms. The van der Waals surface area contributed by atoms with Crippen LogP contribution in [0, 0.1) is 0 Å². The molecule has 1 aromatic carbocycles. The Morgan fingerprint density at radius 3 is 2.62 bits per heavy atom. The van der Waals surface area contributed by atoms with Crippen LogP contribution in [0.3, 0.4) is 0 Å². The van der Waals surface area contributed by atoms with E-state index in [1.165, 1.54) is 18.1 Å². The van der Waals surface area contributed by atoms with E-state index >= 15 is 0 Å². The van der Waals surface area contributed by atoms with Crippen LogP contribution in [0.15, 0.2) is 34.5 Å². The highest BCUT2D eigenvalue weighted by Gasteiger charge is 2.18. The molecule has 26 heavy (non-hydrogen) atoms. The van der Waals surface area contributed by atoms with Crippen molar-refractivity contribution < 1.29 is 19.4 Å². The van der Waals surface area contributed by atoms with Gasteiger partial charge in [-0.3, -0.25) is 14.2 Å². The molecule has 0 saturated carbocycles. The van der Waals surface area contributed by atoms with Gasteiger partial charge in [0.25, 0.3) is 5.91 Å². The number of unbranched alkanes of at least 4 members (excludes halogenated alkanes) is 4. The molecule has 0 fully saturated rings. The summed E-state index contributed by atoms with van der Waals surface area (Å²) < 4.78 is 6.05. The van der Waals surface area contributed by atoms with E-state index in [4.69, 9.17) is 0 Å². The summed E-state index contributed by atoms with van der Waals surface area (Å²) in [5.41, 5.74) is 0.806. The van der Waals surface area contributed by atoms with Gasteiger partial charge in [0.2, 0.25) is 5.88 Å². The summed E-state index contributed by atoms with van der Waals surface area (Å²) in [6.07, 6.45) is 5.57. The molecule has 7 nitrogen and oxygen atoms in total. The number of para-hydroxylation sites is 1. The minimum Gasteiger partial charge on any atom is -0.493 e. The lowest BCUT2D eigenvalue weighted by Gasteiger charge is -2.04. The maximum absolute atomic E-state index is 11.9. The fraction of sp³-hybridized carbons (Fsp3) is 0.474. The largest absolute Gasteiger partial charge is 0.493 e. The molecule has 0 radical (unpaired) electrons. The first-order valence-electron chi connectivity index (χ1n) is 8.90. The Bertz CT molecular complexity index is 795. The van der Waals surface area contributed by atoms with Crippen molar-refractivity contribution in [3.63, 3.8) is 0 Å². The summed E-state index contributed by atoms with van der Waals surface area (Å²) in [6, 6.07) is 7.09. The number of aromatic hydroxyl groups is 1. The summed E-state index contributed by atoms with van der Waals surface area (Å²) in [7, 11) is 1.28. The molecule has 140 valence electrons. The molecule has 0 unspecified atom stereocenters. The van der Waals surface area contributed by atoms with Crippen LogP contribution in [0.2, 0.25) is 0 Å². The Labute approximate surface area is 152 Å². The van der Waals surface area contributed by atoms with Gasteiger partial charge in [-0.25, -0.2) is 0 Å². The van der Waals surface area contributed by atoms with E-state index in [0.717, 1.165) is 25.7 Å². The molecule has 0 spiro atoms. The quantitative estimate of drug-likeness (QED) is 0.405. The summed E-state index contributed by atoms with van der Waals surface area (Å²) in [4.78, 5) is 23.5. The number of carbonyl (C=O) groups excluding carboxylic acids is 2. The minimum atomic E-state index is -0.493. The van der Waals surface area contributed by atoms with Crippen LogP contribution in [0.4, 0.5) is 5.69 Å². The summed E-state index contributed by atoms with van der Waals surface area (Å²) in [6.45, 7) is 1.99. The second kappa shape index (κ2) is 9.70. The number of azo groups is 1. The first-order valence-corrected chi connectivity index (χ1v) is 8.90. The molecule has 2 rings (SSSR count). The van der Waals surface area contributed by atoms with Crippen LogP contribution >= 0.6 is 0 Å². The van der Waals surface area contributed by atoms with E-state index in [1.807, 2.05) is 0 Å². The standard InChI is InChI=1S/C19H25N3O4/c1-3-4-5-6-7-12-16(23)20-21-18-14-10-8-9-11-15(14)22(19(18)25)13-17(24)26-2/h8-11,25H,3-7,12-13H2,1-2H3. The summed E-state index contributed by atoms with van der Waals surface area (Å²) in [5.74, 6) is -1.02. The predicted octanol–water partition coefficient (Wildman–Crippen LogP) is 4.49. The zero-order valence-corrected chi connectivity index (χ0v) is 15.3. The maximum atomic E-state index is 11.9. The molecule has 2 aromatic rings. The highest BCUT2D eigenvalue weighted by molar-refractivity contribution is 5.96. The van der Waals surface area contributed by atoms with Gasteiger partial charge in [0.1, 0.15) is 6.54 Å². The number of amides is 1. The molecule has 1 amide bonds. The Morgan fingerprint density at radius 2 is 1.88 bits per heavy atom. The Morgan fingerprint density at radius 1 is 1.15 bits per heavy atom. The van der Waals surface area contributed by atoms with Crippen molar-refractivity contribution in [2.24, 2.45) is 10.2 Å². The van der Waals surface area contributed by atoms with Gasteiger partial charge in [0, 0.05) is 11.8 Å². The smallest absolute Gasteiger partial charge is 0.325 e. The van der Waals surface area contributed by atoms with Crippen molar-refractivity contribution in [1.82, 2.24) is 4.57 Å². The number of ether oxygens (including phenoxy) is 1. The Kier molecular flexibility index (Phi) is 7.32. The molecular formula is C19H25N3O4. The third kappa shape index (κ3) is 4.91. The van der Waals surface area contributed by atoms with E-state index in [1.54, 1.807) is 24.3 Å². The van der Waals surface area contributed by atoms with Gasteiger partial charge in [-0.1, -0.05) is 50.8 Å². The zero-order chi connectivity index (χ0) is 18.9. The first-order chi connectivity index (χ1) is 12.6. The van der Waals surface area contributed by atoms with Crippen molar-refractivity contribution in [3.8, 4) is 5.88 Å². The number of rotatable bonds is 9. The van der Waals surface area contributed by atoms with Crippen LogP contribution < -0.4 is 0 Å². The lowest BCUT2D eigenvalue weighted by atomic mass is 10.1. The number of aromatic nitrogens is 1. The minimum absolute atomic E-state index is 0.149. The maximum Gasteiger partial charge on any atom is 0.325 e. The number of carbonyl (C=O) groups is 2. The Balaban J connectivity index is 2.15. The normalized spacial score (nSPS) is 11.3. The molecule has 0 saturated heterocycles. The molecular weight excluding hydrogens is 334 g/mol. The highest BCUT2D eigenvalue weighted by atomic mass is 16.5. The van der Waals surface area contributed by atoms with E-state index in [-0.39, 0.29) is 24.0 Å². The SMILES string of the molecule is CCCCCCCC(=O)N=Nc1c(O)n(CC(=O)OC)c2ccccc12. The molecule has 0 aliphatic heterocycles. The number of hydrogen-bond donors (Lipinski definition) is 1. The fourth-order valence-corrected chi connectivity index (χ4v) is 2.76. The third-order valence-electron chi connectivity index (χ3n) is 4.19. The van der Waals surface area contributed by atoms with Crippen molar-refractivity contribution in [2.45, 2.75) is 52.0 Å². The van der Waals surface area contributed by atoms with Crippen molar-refractivity contribution in [1.29, 1.82) is 0 Å². The average Bonchev–Trinajstić information content (AvgIpc) is 2.91. The van der Waals surface area contributed by atoms with Crippen molar-refractivity contribution >= 4 is 28.5 Å². The van der Waals surface area contributed by atoms with E-state index < -0.39 is 5.97 Å². The fourth-order valence-electron chi connectivity index (χ4n) is 2.76. The van der Waals surface area contributed by atoms with Crippen LogP contribution in [0.25, 0.3) is 10.9 Å². The third-order valence-corrected chi connectivity index (χ3v) is 4.19. The van der Waals surface area contributed by atoms with Gasteiger partial charge in [-0.05, 0) is 12.5 Å². The van der Waals surface area contributed by atoms with Gasteiger partial charge < -0.3 is 9.84 Å². The van der Waals surface area contributed by atoms with Gasteiger partial charge in [-0.15, -0.1) is 10.2 Å². The van der Waals surface area contributed by atoms with Crippen LogP contribution in [0.1, 0.15) is 45.4 Å². The van der Waals surface area contributed by atoms with E-state index in [9.17, 15) is 14.7 Å². The molecule has 0 aliphatic rings. The number of esters is 1. The lowest BCUT2D eigenvalue weighted by molar-refractivity contribution is -0.141. The number of nitrogens with zero attached hydrogens (tertiary/aromatic N) is 3. The van der Waals surface area contributed by atoms with Crippen LogP contribution in [0.5, 0.6) is 5.88 Å². The molecule has 7 heteroatoms. The van der Waals surface area contributed by atoms with Crippen molar-refractivity contribution in [3.05, 3.63) is 24.3 Å². The average molecular weight is 359 g/mol. The first kappa shape index (κ1) is 19.6. The monoisotopic (exact) mass is 359 g/mol. The summed E-state index contributed by atoms with van der Waals surface area (Å²) in [5, 5.41) is 18.7. The number of hydrogen-bond acceptors (Lipinski definition) is 5. The van der Waals surface area contributed by atoms with Crippen LogP contribution in [-0.4, -0.2) is 28.7 Å². The van der Waals surface area contributed by atoms with E-state index in [2.05, 4.69) is 21.9 Å². The molecule has 1 aromatic heterocycles. The van der Waals surface area contributed by atoms with Gasteiger partial charge >= 0.3 is 5.97 Å². The topological polar surface area (TPSA) is 93.2 Å². The molecule has 1 N–H and O–H groups in total. The number of methoxy groups -OCH3 is 1. The second-order valence-corrected chi connectivity index (χ2v) is 6.11. The summed E-state index contributed by atoms with van der Waals surface area (Å²) >= 11 is 0. The van der Waals surface area contributed by atoms with Crippen molar-refractivity contribution in [2.75, 3.05) is 7.11 Å². The van der Waals surface area contributed by atoms with Gasteiger partial charge in [0.05, 0.1) is 12.6 Å². The zero-order valence-electron chi connectivity index (χ0n) is 15.3. The molecule has 0 aliphatic carbocycles. The van der Waals surface area contributed by atoms with E-state index in [0.29, 0.717) is 17.3 Å². The van der Waals surface area contributed by atoms with Gasteiger partial charge in [0.15, 0.2) is 5.69 Å². The molecule has 0 atom stereocenters. The number of fused-ring (bicyclic) bond motifs is 1.